The first-order chi connectivity index (χ1) is 10.7. The van der Waals surface area contributed by atoms with Crippen LogP contribution in [0.4, 0.5) is 0 Å². The third kappa shape index (κ3) is 12.1. The van der Waals surface area contributed by atoms with E-state index in [1.807, 2.05) is 18.9 Å². The van der Waals surface area contributed by atoms with Crippen molar-refractivity contribution >= 4 is 5.91 Å². The van der Waals surface area contributed by atoms with Crippen molar-refractivity contribution in [3.63, 3.8) is 0 Å². The van der Waals surface area contributed by atoms with Gasteiger partial charge in [0, 0.05) is 20.0 Å². The fourth-order valence-corrected chi connectivity index (χ4v) is 3.02. The van der Waals surface area contributed by atoms with Gasteiger partial charge < -0.3 is 4.90 Å². The second-order valence-corrected chi connectivity index (χ2v) is 6.86. The number of carbonyl (C=O) groups excluding carboxylic acids is 1. The monoisotopic (exact) mass is 311 g/mol. The largest absolute Gasteiger partial charge is 0.346 e. The van der Waals surface area contributed by atoms with E-state index in [2.05, 4.69) is 13.8 Å². The van der Waals surface area contributed by atoms with Crippen molar-refractivity contribution in [2.24, 2.45) is 5.92 Å². The van der Waals surface area contributed by atoms with Crippen LogP contribution in [0.5, 0.6) is 0 Å². The van der Waals surface area contributed by atoms with Crippen LogP contribution in [0.1, 0.15) is 104 Å². The van der Waals surface area contributed by atoms with Crippen LogP contribution in [0.25, 0.3) is 0 Å². The Kier molecular flexibility index (Phi) is 15.0. The highest BCUT2D eigenvalue weighted by Crippen LogP contribution is 2.23. The van der Waals surface area contributed by atoms with Gasteiger partial charge in [-0.3, -0.25) is 4.79 Å². The van der Waals surface area contributed by atoms with Gasteiger partial charge in [-0.05, 0) is 19.3 Å². The van der Waals surface area contributed by atoms with Gasteiger partial charge in [-0.15, -0.1) is 0 Å². The molecule has 0 aromatic heterocycles. The SMILES string of the molecule is CCCCCCCC(CCCCCC)CCC(=O)N(C)CC. The number of unbranched alkanes of at least 4 members (excludes halogenated alkanes) is 7. The molecule has 2 nitrogen and oxygen atoms in total. The summed E-state index contributed by atoms with van der Waals surface area (Å²) >= 11 is 0. The lowest BCUT2D eigenvalue weighted by Crippen LogP contribution is -2.26. The first kappa shape index (κ1) is 21.5. The number of hydrogen-bond donors (Lipinski definition) is 0. The van der Waals surface area contributed by atoms with Crippen molar-refractivity contribution in [3.05, 3.63) is 0 Å². The number of carbonyl (C=O) groups is 1. The Morgan fingerprint density at radius 2 is 1.27 bits per heavy atom. The standard InChI is InChI=1S/C20H41NO/c1-5-8-10-12-14-16-19(15-13-11-9-6-2)17-18-20(22)21(4)7-3/h19H,5-18H2,1-4H3. The molecule has 0 heterocycles. The molecule has 0 saturated heterocycles. The van der Waals surface area contributed by atoms with Crippen LogP contribution in [0, 0.1) is 5.92 Å². The van der Waals surface area contributed by atoms with Crippen LogP contribution >= 0.6 is 0 Å². The Balaban J connectivity index is 4.01. The van der Waals surface area contributed by atoms with Gasteiger partial charge in [-0.2, -0.15) is 0 Å². The van der Waals surface area contributed by atoms with Crippen LogP contribution in [0.3, 0.4) is 0 Å². The van der Waals surface area contributed by atoms with E-state index in [-0.39, 0.29) is 0 Å². The number of rotatable bonds is 15. The van der Waals surface area contributed by atoms with E-state index in [4.69, 9.17) is 0 Å². The lowest BCUT2D eigenvalue weighted by Gasteiger charge is -2.19. The average molecular weight is 312 g/mol. The molecule has 0 saturated carbocycles. The van der Waals surface area contributed by atoms with Gasteiger partial charge in [0.2, 0.25) is 5.91 Å². The molecule has 0 aliphatic rings. The third-order valence-electron chi connectivity index (χ3n) is 4.85. The first-order valence-electron chi connectivity index (χ1n) is 9.89. The fraction of sp³-hybridized carbons (Fsp3) is 0.950. The van der Waals surface area contributed by atoms with Crippen LogP contribution in [0.2, 0.25) is 0 Å². The van der Waals surface area contributed by atoms with Gasteiger partial charge in [0.15, 0.2) is 0 Å². The van der Waals surface area contributed by atoms with Crippen LogP contribution in [0.15, 0.2) is 0 Å². The number of nitrogens with zero attached hydrogens (tertiary/aromatic N) is 1. The molecule has 0 radical (unpaired) electrons. The minimum absolute atomic E-state index is 0.326. The third-order valence-corrected chi connectivity index (χ3v) is 4.85. The van der Waals surface area contributed by atoms with E-state index < -0.39 is 0 Å². The highest BCUT2D eigenvalue weighted by Gasteiger charge is 2.13. The molecule has 0 aromatic carbocycles. The first-order valence-corrected chi connectivity index (χ1v) is 9.89. The summed E-state index contributed by atoms with van der Waals surface area (Å²) in [6.45, 7) is 7.42. The van der Waals surface area contributed by atoms with Crippen molar-refractivity contribution in [2.45, 2.75) is 104 Å². The molecule has 0 rings (SSSR count). The summed E-state index contributed by atoms with van der Waals surface area (Å²) in [6, 6.07) is 0. The zero-order chi connectivity index (χ0) is 16.6. The minimum Gasteiger partial charge on any atom is -0.346 e. The molecule has 1 unspecified atom stereocenters. The molecule has 22 heavy (non-hydrogen) atoms. The Bertz CT molecular complexity index is 252. The second kappa shape index (κ2) is 15.4. The fourth-order valence-electron chi connectivity index (χ4n) is 3.02. The minimum atomic E-state index is 0.326. The lowest BCUT2D eigenvalue weighted by molar-refractivity contribution is -0.130. The van der Waals surface area contributed by atoms with E-state index >= 15 is 0 Å². The van der Waals surface area contributed by atoms with E-state index in [0.717, 1.165) is 25.3 Å². The molecule has 1 amide bonds. The molecule has 132 valence electrons. The molecule has 0 bridgehead atoms. The van der Waals surface area contributed by atoms with Crippen LogP contribution in [-0.2, 0) is 4.79 Å². The molecular formula is C20H41NO. The second-order valence-electron chi connectivity index (χ2n) is 6.86. The summed E-state index contributed by atoms with van der Waals surface area (Å²) in [5, 5.41) is 0. The van der Waals surface area contributed by atoms with Gasteiger partial charge in [0.05, 0.1) is 0 Å². The van der Waals surface area contributed by atoms with Gasteiger partial charge in [0.25, 0.3) is 0 Å². The topological polar surface area (TPSA) is 20.3 Å². The van der Waals surface area contributed by atoms with Gasteiger partial charge >= 0.3 is 0 Å². The Hall–Kier alpha value is -0.530. The van der Waals surface area contributed by atoms with E-state index in [0.29, 0.717) is 5.91 Å². The molecule has 0 aliphatic heterocycles. The van der Waals surface area contributed by atoms with Crippen molar-refractivity contribution in [1.29, 1.82) is 0 Å². The van der Waals surface area contributed by atoms with Gasteiger partial charge in [-0.25, -0.2) is 0 Å². The summed E-state index contributed by atoms with van der Waals surface area (Å²) in [5.74, 6) is 1.10. The average Bonchev–Trinajstić information content (AvgIpc) is 2.54. The summed E-state index contributed by atoms with van der Waals surface area (Å²) in [5.41, 5.74) is 0. The Morgan fingerprint density at radius 1 is 0.773 bits per heavy atom. The quantitative estimate of drug-likeness (QED) is 0.330. The Morgan fingerprint density at radius 3 is 1.77 bits per heavy atom. The summed E-state index contributed by atoms with van der Waals surface area (Å²) in [4.78, 5) is 13.9. The zero-order valence-corrected chi connectivity index (χ0v) is 15.8. The normalized spacial score (nSPS) is 12.4. The summed E-state index contributed by atoms with van der Waals surface area (Å²) in [7, 11) is 1.92. The molecule has 0 aromatic rings. The van der Waals surface area contributed by atoms with Crippen molar-refractivity contribution in [3.8, 4) is 0 Å². The van der Waals surface area contributed by atoms with Gasteiger partial charge in [0.1, 0.15) is 0 Å². The summed E-state index contributed by atoms with van der Waals surface area (Å²) < 4.78 is 0. The predicted octanol–water partition coefficient (Wildman–Crippen LogP) is 6.19. The summed E-state index contributed by atoms with van der Waals surface area (Å²) in [6.07, 6.45) is 16.7. The molecule has 0 spiro atoms. The smallest absolute Gasteiger partial charge is 0.222 e. The van der Waals surface area contributed by atoms with E-state index in [1.165, 1.54) is 70.6 Å². The number of amides is 1. The van der Waals surface area contributed by atoms with Crippen molar-refractivity contribution in [2.75, 3.05) is 13.6 Å². The molecule has 2 heteroatoms. The van der Waals surface area contributed by atoms with Crippen molar-refractivity contribution < 1.29 is 4.79 Å². The highest BCUT2D eigenvalue weighted by atomic mass is 16.2. The molecular weight excluding hydrogens is 270 g/mol. The molecule has 0 fully saturated rings. The molecule has 0 aliphatic carbocycles. The van der Waals surface area contributed by atoms with Crippen LogP contribution < -0.4 is 0 Å². The zero-order valence-electron chi connectivity index (χ0n) is 15.8. The predicted molar refractivity (Wildman–Crippen MR) is 98.2 cm³/mol. The number of hydrogen-bond acceptors (Lipinski definition) is 1. The Labute approximate surface area is 140 Å². The molecule has 0 N–H and O–H groups in total. The van der Waals surface area contributed by atoms with E-state index in [9.17, 15) is 4.79 Å². The maximum absolute atomic E-state index is 12.0. The lowest BCUT2D eigenvalue weighted by atomic mass is 9.90. The maximum atomic E-state index is 12.0. The highest BCUT2D eigenvalue weighted by molar-refractivity contribution is 5.75. The maximum Gasteiger partial charge on any atom is 0.222 e. The van der Waals surface area contributed by atoms with Crippen LogP contribution in [-0.4, -0.2) is 24.4 Å². The molecule has 1 atom stereocenters. The van der Waals surface area contributed by atoms with Crippen molar-refractivity contribution in [1.82, 2.24) is 4.90 Å². The van der Waals surface area contributed by atoms with E-state index in [1.54, 1.807) is 0 Å². The van der Waals surface area contributed by atoms with Gasteiger partial charge in [-0.1, -0.05) is 84.5 Å².